The van der Waals surface area contributed by atoms with Crippen LogP contribution in [0, 0.1) is 18.3 Å². The van der Waals surface area contributed by atoms with E-state index in [2.05, 4.69) is 33.9 Å². The van der Waals surface area contributed by atoms with Crippen molar-refractivity contribution >= 4 is 11.3 Å². The summed E-state index contributed by atoms with van der Waals surface area (Å²) < 4.78 is 0. The molecule has 20 heavy (non-hydrogen) atoms. The summed E-state index contributed by atoms with van der Waals surface area (Å²) in [5, 5.41) is 16.2. The van der Waals surface area contributed by atoms with Crippen molar-refractivity contribution in [3.8, 4) is 6.07 Å². The van der Waals surface area contributed by atoms with Gasteiger partial charge in [-0.2, -0.15) is 5.26 Å². The number of thiazole rings is 1. The Morgan fingerprint density at radius 2 is 2.15 bits per heavy atom. The number of benzene rings is 1. The summed E-state index contributed by atoms with van der Waals surface area (Å²) in [6.07, 6.45) is 1.77. The zero-order valence-corrected chi connectivity index (χ0v) is 12.3. The van der Waals surface area contributed by atoms with Gasteiger partial charge in [0.15, 0.2) is 0 Å². The number of nitriles is 1. The highest BCUT2D eigenvalue weighted by molar-refractivity contribution is 7.09. The van der Waals surface area contributed by atoms with Crippen molar-refractivity contribution in [1.82, 2.24) is 10.3 Å². The van der Waals surface area contributed by atoms with Crippen LogP contribution in [0.2, 0.25) is 0 Å². The van der Waals surface area contributed by atoms with Crippen molar-refractivity contribution in [2.45, 2.75) is 37.8 Å². The first kappa shape index (κ1) is 13.3. The number of hydrogen-bond acceptors (Lipinski definition) is 4. The molecule has 0 aliphatic heterocycles. The Hall–Kier alpha value is -1.70. The van der Waals surface area contributed by atoms with E-state index in [4.69, 9.17) is 0 Å². The molecular formula is C16H17N3S. The van der Waals surface area contributed by atoms with E-state index in [1.54, 1.807) is 11.3 Å². The average molecular weight is 283 g/mol. The Labute approximate surface area is 123 Å². The lowest BCUT2D eigenvalue weighted by Gasteiger charge is -2.43. The van der Waals surface area contributed by atoms with E-state index < -0.39 is 0 Å². The minimum atomic E-state index is -0.295. The van der Waals surface area contributed by atoms with Crippen molar-refractivity contribution in [2.75, 3.05) is 0 Å². The van der Waals surface area contributed by atoms with Crippen LogP contribution in [-0.4, -0.2) is 11.0 Å². The van der Waals surface area contributed by atoms with Gasteiger partial charge >= 0.3 is 0 Å². The fourth-order valence-corrected chi connectivity index (χ4v) is 3.43. The number of hydrogen-bond donors (Lipinski definition) is 1. The highest BCUT2D eigenvalue weighted by atomic mass is 32.1. The first-order chi connectivity index (χ1) is 9.72. The maximum absolute atomic E-state index is 9.51. The minimum Gasteiger partial charge on any atom is -0.308 e. The lowest BCUT2D eigenvalue weighted by Crippen LogP contribution is -2.50. The SMILES string of the molecule is Cc1nc(CNC2CC(C#N)(c3ccccc3)C2)cs1. The molecule has 1 aliphatic carbocycles. The van der Waals surface area contributed by atoms with Crippen LogP contribution < -0.4 is 5.32 Å². The normalized spacial score (nSPS) is 24.9. The molecule has 0 amide bonds. The Balaban J connectivity index is 1.58. The number of nitrogens with zero attached hydrogens (tertiary/aromatic N) is 2. The van der Waals surface area contributed by atoms with Gasteiger partial charge < -0.3 is 5.32 Å². The van der Waals surface area contributed by atoms with E-state index in [-0.39, 0.29) is 5.41 Å². The molecule has 0 saturated heterocycles. The maximum atomic E-state index is 9.51. The van der Waals surface area contributed by atoms with Crippen LogP contribution in [0.4, 0.5) is 0 Å². The molecule has 1 aromatic carbocycles. The van der Waals surface area contributed by atoms with Crippen molar-refractivity contribution in [3.63, 3.8) is 0 Å². The average Bonchev–Trinajstić information content (AvgIpc) is 2.85. The van der Waals surface area contributed by atoms with Crippen LogP contribution in [0.5, 0.6) is 0 Å². The van der Waals surface area contributed by atoms with Crippen LogP contribution in [0.25, 0.3) is 0 Å². The third kappa shape index (κ3) is 2.47. The molecular weight excluding hydrogens is 266 g/mol. The lowest BCUT2D eigenvalue weighted by molar-refractivity contribution is 0.225. The fourth-order valence-electron chi connectivity index (χ4n) is 2.81. The van der Waals surface area contributed by atoms with Crippen LogP contribution in [0.1, 0.15) is 29.1 Å². The third-order valence-electron chi connectivity index (χ3n) is 3.97. The first-order valence-corrected chi connectivity index (χ1v) is 7.71. The van der Waals surface area contributed by atoms with Gasteiger partial charge in [-0.3, -0.25) is 0 Å². The van der Waals surface area contributed by atoms with Gasteiger partial charge in [-0.1, -0.05) is 30.3 Å². The second-order valence-electron chi connectivity index (χ2n) is 5.40. The standard InChI is InChI=1S/C16H17N3S/c1-12-19-15(10-20-12)9-18-14-7-16(8-14,11-17)13-5-3-2-4-6-13/h2-6,10,14,18H,7-9H2,1H3. The highest BCUT2D eigenvalue weighted by Crippen LogP contribution is 2.43. The molecule has 0 radical (unpaired) electrons. The number of aryl methyl sites for hydroxylation is 1. The molecule has 1 N–H and O–H groups in total. The molecule has 1 heterocycles. The van der Waals surface area contributed by atoms with Gasteiger partial charge in [0, 0.05) is 18.0 Å². The van der Waals surface area contributed by atoms with E-state index in [9.17, 15) is 5.26 Å². The monoisotopic (exact) mass is 283 g/mol. The van der Waals surface area contributed by atoms with E-state index in [1.807, 2.05) is 25.1 Å². The first-order valence-electron chi connectivity index (χ1n) is 6.83. The highest BCUT2D eigenvalue weighted by Gasteiger charge is 2.45. The zero-order valence-electron chi connectivity index (χ0n) is 11.5. The smallest absolute Gasteiger partial charge is 0.0897 e. The molecule has 1 saturated carbocycles. The van der Waals surface area contributed by atoms with Crippen LogP contribution in [0.15, 0.2) is 35.7 Å². The Morgan fingerprint density at radius 1 is 1.40 bits per heavy atom. The predicted octanol–water partition coefficient (Wildman–Crippen LogP) is 3.17. The van der Waals surface area contributed by atoms with E-state index in [0.717, 1.165) is 35.7 Å². The molecule has 0 bridgehead atoms. The van der Waals surface area contributed by atoms with Crippen molar-refractivity contribution < 1.29 is 0 Å². The molecule has 1 fully saturated rings. The quantitative estimate of drug-likeness (QED) is 0.937. The summed E-state index contributed by atoms with van der Waals surface area (Å²) in [6, 6.07) is 13.0. The van der Waals surface area contributed by atoms with Crippen molar-refractivity contribution in [3.05, 3.63) is 52.0 Å². The second kappa shape index (κ2) is 5.35. The summed E-state index contributed by atoms with van der Waals surface area (Å²) in [5.41, 5.74) is 1.95. The van der Waals surface area contributed by atoms with Gasteiger partial charge in [-0.25, -0.2) is 4.98 Å². The number of nitrogens with one attached hydrogen (secondary N) is 1. The largest absolute Gasteiger partial charge is 0.308 e. The molecule has 1 aliphatic rings. The minimum absolute atomic E-state index is 0.295. The Kier molecular flexibility index (Phi) is 3.56. The summed E-state index contributed by atoms with van der Waals surface area (Å²) in [6.45, 7) is 2.82. The predicted molar refractivity (Wildman–Crippen MR) is 80.4 cm³/mol. The molecule has 0 spiro atoms. The summed E-state index contributed by atoms with van der Waals surface area (Å²) >= 11 is 1.68. The zero-order chi connectivity index (χ0) is 14.0. The summed E-state index contributed by atoms with van der Waals surface area (Å²) in [4.78, 5) is 4.45. The van der Waals surface area contributed by atoms with Gasteiger partial charge in [-0.05, 0) is 25.3 Å². The summed E-state index contributed by atoms with van der Waals surface area (Å²) in [7, 11) is 0. The van der Waals surface area contributed by atoms with Gasteiger partial charge in [0.2, 0.25) is 0 Å². The third-order valence-corrected chi connectivity index (χ3v) is 4.79. The summed E-state index contributed by atoms with van der Waals surface area (Å²) in [5.74, 6) is 0. The molecule has 1 aromatic heterocycles. The van der Waals surface area contributed by atoms with Crippen molar-refractivity contribution in [1.29, 1.82) is 5.26 Å². The molecule has 3 rings (SSSR count). The molecule has 3 nitrogen and oxygen atoms in total. The van der Waals surface area contributed by atoms with Crippen LogP contribution in [-0.2, 0) is 12.0 Å². The topological polar surface area (TPSA) is 48.7 Å². The number of aromatic nitrogens is 1. The molecule has 0 atom stereocenters. The van der Waals surface area contributed by atoms with Gasteiger partial charge in [-0.15, -0.1) is 11.3 Å². The maximum Gasteiger partial charge on any atom is 0.0897 e. The van der Waals surface area contributed by atoms with Crippen molar-refractivity contribution in [2.24, 2.45) is 0 Å². The Morgan fingerprint density at radius 3 is 2.75 bits per heavy atom. The lowest BCUT2D eigenvalue weighted by atomic mass is 9.62. The van der Waals surface area contributed by atoms with Crippen LogP contribution >= 0.6 is 11.3 Å². The fraction of sp³-hybridized carbons (Fsp3) is 0.375. The number of rotatable bonds is 4. The van der Waals surface area contributed by atoms with E-state index in [1.165, 1.54) is 0 Å². The van der Waals surface area contributed by atoms with Gasteiger partial charge in [0.1, 0.15) is 0 Å². The Bertz CT molecular complexity index is 621. The van der Waals surface area contributed by atoms with Crippen LogP contribution in [0.3, 0.4) is 0 Å². The molecule has 2 aromatic rings. The molecule has 4 heteroatoms. The molecule has 0 unspecified atom stereocenters. The van der Waals surface area contributed by atoms with Gasteiger partial charge in [0.05, 0.1) is 22.2 Å². The second-order valence-corrected chi connectivity index (χ2v) is 6.47. The van der Waals surface area contributed by atoms with Gasteiger partial charge in [0.25, 0.3) is 0 Å². The van der Waals surface area contributed by atoms with E-state index >= 15 is 0 Å². The molecule has 102 valence electrons. The van der Waals surface area contributed by atoms with E-state index in [0.29, 0.717) is 6.04 Å².